The molecule has 0 aromatic heterocycles. The van der Waals surface area contributed by atoms with Crippen LogP contribution in [0.3, 0.4) is 0 Å². The summed E-state index contributed by atoms with van der Waals surface area (Å²) >= 11 is 0. The molecule has 0 saturated heterocycles. The van der Waals surface area contributed by atoms with Crippen LogP contribution in [0.25, 0.3) is 0 Å². The van der Waals surface area contributed by atoms with Gasteiger partial charge in [0.25, 0.3) is 0 Å². The Morgan fingerprint density at radius 2 is 1.74 bits per heavy atom. The molecule has 0 spiro atoms. The first-order valence-corrected chi connectivity index (χ1v) is 6.25. The minimum absolute atomic E-state index is 0.134. The standard InChI is InChI=1S/C16H17NO2/c1-13-7-5-6-10-15(13)11-16(18)17-19-12-14-8-3-2-4-9-14/h2-10H,11-12H2,1H3,(H,17,18). The van der Waals surface area contributed by atoms with Crippen LogP contribution in [0.5, 0.6) is 0 Å². The Labute approximate surface area is 113 Å². The Morgan fingerprint density at radius 3 is 2.47 bits per heavy atom. The lowest BCUT2D eigenvalue weighted by Crippen LogP contribution is -2.25. The molecule has 0 atom stereocenters. The van der Waals surface area contributed by atoms with Crippen LogP contribution in [0.15, 0.2) is 54.6 Å². The van der Waals surface area contributed by atoms with Crippen molar-refractivity contribution >= 4 is 5.91 Å². The van der Waals surface area contributed by atoms with E-state index >= 15 is 0 Å². The lowest BCUT2D eigenvalue weighted by Gasteiger charge is -2.07. The number of hydrogen-bond acceptors (Lipinski definition) is 2. The number of hydroxylamine groups is 1. The Bertz CT molecular complexity index is 537. The fourth-order valence-electron chi connectivity index (χ4n) is 1.79. The van der Waals surface area contributed by atoms with Crippen molar-refractivity contribution in [1.82, 2.24) is 5.48 Å². The molecular weight excluding hydrogens is 238 g/mol. The molecule has 0 heterocycles. The Balaban J connectivity index is 1.78. The second kappa shape index (κ2) is 6.71. The number of carbonyl (C=O) groups excluding carboxylic acids is 1. The second-order valence-electron chi connectivity index (χ2n) is 4.40. The molecule has 0 bridgehead atoms. The van der Waals surface area contributed by atoms with E-state index in [-0.39, 0.29) is 5.91 Å². The third kappa shape index (κ3) is 4.23. The van der Waals surface area contributed by atoms with E-state index < -0.39 is 0 Å². The first-order chi connectivity index (χ1) is 9.25. The lowest BCUT2D eigenvalue weighted by atomic mass is 10.1. The molecule has 0 aliphatic rings. The van der Waals surface area contributed by atoms with Crippen LogP contribution in [-0.4, -0.2) is 5.91 Å². The smallest absolute Gasteiger partial charge is 0.247 e. The maximum absolute atomic E-state index is 11.7. The predicted octanol–water partition coefficient (Wildman–Crippen LogP) is 2.79. The minimum atomic E-state index is -0.134. The summed E-state index contributed by atoms with van der Waals surface area (Å²) in [5, 5.41) is 0. The van der Waals surface area contributed by atoms with E-state index in [1.54, 1.807) is 0 Å². The molecule has 2 aromatic carbocycles. The van der Waals surface area contributed by atoms with Gasteiger partial charge in [0.15, 0.2) is 0 Å². The van der Waals surface area contributed by atoms with Gasteiger partial charge in [0.1, 0.15) is 0 Å². The third-order valence-corrected chi connectivity index (χ3v) is 2.88. The summed E-state index contributed by atoms with van der Waals surface area (Å²) in [6, 6.07) is 17.6. The van der Waals surface area contributed by atoms with Crippen LogP contribution in [0.2, 0.25) is 0 Å². The molecule has 3 heteroatoms. The van der Waals surface area contributed by atoms with Crippen LogP contribution in [0, 0.1) is 6.92 Å². The van der Waals surface area contributed by atoms with Gasteiger partial charge in [-0.15, -0.1) is 0 Å². The monoisotopic (exact) mass is 255 g/mol. The molecule has 0 aliphatic carbocycles. The van der Waals surface area contributed by atoms with E-state index in [1.807, 2.05) is 61.5 Å². The SMILES string of the molecule is Cc1ccccc1CC(=O)NOCc1ccccc1. The van der Waals surface area contributed by atoms with Crippen molar-refractivity contribution in [2.75, 3.05) is 0 Å². The van der Waals surface area contributed by atoms with Crippen molar-refractivity contribution in [3.8, 4) is 0 Å². The van der Waals surface area contributed by atoms with Gasteiger partial charge in [-0.05, 0) is 23.6 Å². The van der Waals surface area contributed by atoms with Crippen molar-refractivity contribution < 1.29 is 9.63 Å². The average molecular weight is 255 g/mol. The van der Waals surface area contributed by atoms with E-state index in [2.05, 4.69) is 5.48 Å². The zero-order chi connectivity index (χ0) is 13.5. The lowest BCUT2D eigenvalue weighted by molar-refractivity contribution is -0.133. The first kappa shape index (κ1) is 13.3. The number of carbonyl (C=O) groups is 1. The van der Waals surface area contributed by atoms with Crippen LogP contribution in [-0.2, 0) is 22.7 Å². The van der Waals surface area contributed by atoms with Crippen LogP contribution in [0.1, 0.15) is 16.7 Å². The first-order valence-electron chi connectivity index (χ1n) is 6.25. The Morgan fingerprint density at radius 1 is 1.05 bits per heavy atom. The highest BCUT2D eigenvalue weighted by atomic mass is 16.6. The van der Waals surface area contributed by atoms with Gasteiger partial charge in [-0.1, -0.05) is 54.6 Å². The fourth-order valence-corrected chi connectivity index (χ4v) is 1.79. The zero-order valence-corrected chi connectivity index (χ0v) is 10.9. The van der Waals surface area contributed by atoms with E-state index in [9.17, 15) is 4.79 Å². The number of amides is 1. The second-order valence-corrected chi connectivity index (χ2v) is 4.40. The van der Waals surface area contributed by atoms with Gasteiger partial charge < -0.3 is 0 Å². The van der Waals surface area contributed by atoms with E-state index in [0.717, 1.165) is 16.7 Å². The summed E-state index contributed by atoms with van der Waals surface area (Å²) in [6.45, 7) is 2.37. The highest BCUT2D eigenvalue weighted by Gasteiger charge is 2.05. The van der Waals surface area contributed by atoms with E-state index in [0.29, 0.717) is 13.0 Å². The van der Waals surface area contributed by atoms with Crippen molar-refractivity contribution in [2.24, 2.45) is 0 Å². The molecule has 1 N–H and O–H groups in total. The number of aryl methyl sites for hydroxylation is 1. The molecule has 0 fully saturated rings. The molecule has 0 radical (unpaired) electrons. The third-order valence-electron chi connectivity index (χ3n) is 2.88. The summed E-state index contributed by atoms with van der Waals surface area (Å²) in [5.74, 6) is -0.134. The van der Waals surface area contributed by atoms with Crippen LogP contribution >= 0.6 is 0 Å². The highest BCUT2D eigenvalue weighted by Crippen LogP contribution is 2.07. The Hall–Kier alpha value is -2.13. The normalized spacial score (nSPS) is 10.2. The molecule has 0 unspecified atom stereocenters. The quantitative estimate of drug-likeness (QED) is 0.834. The van der Waals surface area contributed by atoms with Gasteiger partial charge in [-0.25, -0.2) is 5.48 Å². The number of nitrogens with one attached hydrogen (secondary N) is 1. The topological polar surface area (TPSA) is 38.3 Å². The molecule has 2 aromatic rings. The summed E-state index contributed by atoms with van der Waals surface area (Å²) in [7, 11) is 0. The number of benzene rings is 2. The fraction of sp³-hybridized carbons (Fsp3) is 0.188. The van der Waals surface area contributed by atoms with Gasteiger partial charge in [-0.2, -0.15) is 0 Å². The van der Waals surface area contributed by atoms with Crippen LogP contribution < -0.4 is 5.48 Å². The maximum Gasteiger partial charge on any atom is 0.247 e. The summed E-state index contributed by atoms with van der Waals surface area (Å²) in [5.41, 5.74) is 5.62. The molecular formula is C16H17NO2. The van der Waals surface area contributed by atoms with Crippen molar-refractivity contribution in [3.63, 3.8) is 0 Å². The van der Waals surface area contributed by atoms with Gasteiger partial charge in [0, 0.05) is 0 Å². The summed E-state index contributed by atoms with van der Waals surface area (Å²) in [6.07, 6.45) is 0.335. The van der Waals surface area contributed by atoms with Gasteiger partial charge in [-0.3, -0.25) is 9.63 Å². The average Bonchev–Trinajstić information content (AvgIpc) is 2.43. The maximum atomic E-state index is 11.7. The van der Waals surface area contributed by atoms with E-state index in [4.69, 9.17) is 4.84 Å². The number of hydrogen-bond donors (Lipinski definition) is 1. The summed E-state index contributed by atoms with van der Waals surface area (Å²) < 4.78 is 0. The molecule has 98 valence electrons. The molecule has 19 heavy (non-hydrogen) atoms. The van der Waals surface area contributed by atoms with Crippen molar-refractivity contribution in [2.45, 2.75) is 20.0 Å². The molecule has 0 aliphatic heterocycles. The molecule has 2 rings (SSSR count). The molecule has 3 nitrogen and oxygen atoms in total. The van der Waals surface area contributed by atoms with Gasteiger partial charge in [0.2, 0.25) is 5.91 Å². The Kier molecular flexibility index (Phi) is 4.70. The highest BCUT2D eigenvalue weighted by molar-refractivity contribution is 5.77. The van der Waals surface area contributed by atoms with Crippen LogP contribution in [0.4, 0.5) is 0 Å². The number of rotatable bonds is 5. The largest absolute Gasteiger partial charge is 0.272 e. The molecule has 1 amide bonds. The van der Waals surface area contributed by atoms with Gasteiger partial charge in [0.05, 0.1) is 13.0 Å². The van der Waals surface area contributed by atoms with Gasteiger partial charge >= 0.3 is 0 Å². The molecule has 0 saturated carbocycles. The zero-order valence-electron chi connectivity index (χ0n) is 10.9. The minimum Gasteiger partial charge on any atom is -0.272 e. The van der Waals surface area contributed by atoms with Crippen molar-refractivity contribution in [3.05, 3.63) is 71.3 Å². The summed E-state index contributed by atoms with van der Waals surface area (Å²) in [4.78, 5) is 16.9. The predicted molar refractivity (Wildman–Crippen MR) is 74.3 cm³/mol. The van der Waals surface area contributed by atoms with Crippen molar-refractivity contribution in [1.29, 1.82) is 0 Å². The van der Waals surface area contributed by atoms with E-state index in [1.165, 1.54) is 0 Å².